The Kier molecular flexibility index (Phi) is 3.67. The van der Waals surface area contributed by atoms with Gasteiger partial charge < -0.3 is 5.11 Å². The van der Waals surface area contributed by atoms with Crippen molar-refractivity contribution in [3.63, 3.8) is 0 Å². The van der Waals surface area contributed by atoms with Gasteiger partial charge in [0.15, 0.2) is 11.6 Å². The van der Waals surface area contributed by atoms with Crippen molar-refractivity contribution in [3.8, 4) is 0 Å². The number of hydrogen-bond donors (Lipinski definition) is 1. The molecule has 1 atom stereocenters. The largest absolute Gasteiger partial charge is 0.385 e. The maximum atomic E-state index is 13.2. The number of rotatable bonds is 3. The van der Waals surface area contributed by atoms with Crippen LogP contribution >= 0.6 is 0 Å². The molecule has 0 radical (unpaired) electrons. The van der Waals surface area contributed by atoms with E-state index in [-0.39, 0.29) is 6.42 Å². The maximum absolute atomic E-state index is 13.2. The lowest BCUT2D eigenvalue weighted by molar-refractivity contribution is 0.0575. The molecule has 100 valence electrons. The highest BCUT2D eigenvalue weighted by atomic mass is 19.2. The van der Waals surface area contributed by atoms with Crippen LogP contribution in [0.15, 0.2) is 42.5 Å². The Morgan fingerprint density at radius 3 is 2.21 bits per heavy atom. The Labute approximate surface area is 111 Å². The van der Waals surface area contributed by atoms with Crippen molar-refractivity contribution in [1.29, 1.82) is 0 Å². The molecule has 0 aromatic heterocycles. The van der Waals surface area contributed by atoms with Crippen LogP contribution in [0.3, 0.4) is 0 Å². The van der Waals surface area contributed by atoms with Crippen LogP contribution in [0.2, 0.25) is 0 Å². The van der Waals surface area contributed by atoms with Crippen LogP contribution in [0.5, 0.6) is 0 Å². The highest BCUT2D eigenvalue weighted by molar-refractivity contribution is 5.29. The Hall–Kier alpha value is -1.74. The number of halogens is 2. The fourth-order valence-electron chi connectivity index (χ4n) is 2.06. The predicted molar refractivity (Wildman–Crippen MR) is 70.8 cm³/mol. The molecule has 0 heterocycles. The van der Waals surface area contributed by atoms with Gasteiger partial charge in [-0.3, -0.25) is 0 Å². The SMILES string of the molecule is Cc1ccc(C(C)(O)Cc2ccc(F)c(F)c2)cc1. The van der Waals surface area contributed by atoms with Crippen molar-refractivity contribution in [2.24, 2.45) is 0 Å². The molecule has 19 heavy (non-hydrogen) atoms. The molecule has 1 N–H and O–H groups in total. The summed E-state index contributed by atoms with van der Waals surface area (Å²) >= 11 is 0. The topological polar surface area (TPSA) is 20.2 Å². The Morgan fingerprint density at radius 1 is 1.00 bits per heavy atom. The van der Waals surface area contributed by atoms with Crippen molar-refractivity contribution in [2.75, 3.05) is 0 Å². The van der Waals surface area contributed by atoms with Gasteiger partial charge in [-0.25, -0.2) is 8.78 Å². The van der Waals surface area contributed by atoms with Gasteiger partial charge in [0.2, 0.25) is 0 Å². The first kappa shape index (κ1) is 13.7. The highest BCUT2D eigenvalue weighted by Gasteiger charge is 2.23. The third kappa shape index (κ3) is 3.18. The van der Waals surface area contributed by atoms with Gasteiger partial charge in [-0.2, -0.15) is 0 Å². The minimum Gasteiger partial charge on any atom is -0.385 e. The van der Waals surface area contributed by atoms with Gasteiger partial charge >= 0.3 is 0 Å². The molecule has 0 saturated carbocycles. The first-order valence-corrected chi connectivity index (χ1v) is 6.12. The summed E-state index contributed by atoms with van der Waals surface area (Å²) in [6.45, 7) is 3.63. The van der Waals surface area contributed by atoms with E-state index in [0.717, 1.165) is 23.3 Å². The summed E-state index contributed by atoms with van der Waals surface area (Å²) in [5, 5.41) is 10.5. The molecule has 0 fully saturated rings. The third-order valence-electron chi connectivity index (χ3n) is 3.21. The van der Waals surface area contributed by atoms with E-state index in [9.17, 15) is 13.9 Å². The minimum atomic E-state index is -1.11. The molecule has 2 aromatic carbocycles. The first-order valence-electron chi connectivity index (χ1n) is 6.12. The van der Waals surface area contributed by atoms with Crippen LogP contribution in [0.4, 0.5) is 8.78 Å². The third-order valence-corrected chi connectivity index (χ3v) is 3.21. The molecule has 1 unspecified atom stereocenters. The van der Waals surface area contributed by atoms with Gasteiger partial charge in [0.25, 0.3) is 0 Å². The maximum Gasteiger partial charge on any atom is 0.159 e. The molecular formula is C16H16F2O. The lowest BCUT2D eigenvalue weighted by Gasteiger charge is -2.24. The fraction of sp³-hybridized carbons (Fsp3) is 0.250. The van der Waals surface area contributed by atoms with E-state index in [1.165, 1.54) is 6.07 Å². The van der Waals surface area contributed by atoms with E-state index in [0.29, 0.717) is 5.56 Å². The van der Waals surface area contributed by atoms with Crippen molar-refractivity contribution >= 4 is 0 Å². The van der Waals surface area contributed by atoms with Gasteiger partial charge in [-0.1, -0.05) is 35.9 Å². The standard InChI is InChI=1S/C16H16F2O/c1-11-3-6-13(7-4-11)16(2,19)10-12-5-8-14(17)15(18)9-12/h3-9,19H,10H2,1-2H3. The molecule has 1 nitrogen and oxygen atoms in total. The molecule has 0 bridgehead atoms. The van der Waals surface area contributed by atoms with Crippen LogP contribution in [0.25, 0.3) is 0 Å². The second-order valence-corrected chi connectivity index (χ2v) is 5.07. The molecule has 0 aliphatic rings. The molecule has 0 spiro atoms. The summed E-state index contributed by atoms with van der Waals surface area (Å²) in [4.78, 5) is 0. The fourth-order valence-corrected chi connectivity index (χ4v) is 2.06. The average molecular weight is 262 g/mol. The van der Waals surface area contributed by atoms with Crippen LogP contribution in [0, 0.1) is 18.6 Å². The Morgan fingerprint density at radius 2 is 1.63 bits per heavy atom. The van der Waals surface area contributed by atoms with Crippen LogP contribution in [0.1, 0.15) is 23.6 Å². The number of aryl methyl sites for hydroxylation is 1. The van der Waals surface area contributed by atoms with Gasteiger partial charge in [0, 0.05) is 6.42 Å². The summed E-state index contributed by atoms with van der Waals surface area (Å²) in [6.07, 6.45) is 0.229. The molecule has 0 amide bonds. The monoisotopic (exact) mass is 262 g/mol. The lowest BCUT2D eigenvalue weighted by Crippen LogP contribution is -2.24. The van der Waals surface area contributed by atoms with Crippen molar-refractivity contribution in [3.05, 3.63) is 70.8 Å². The molecule has 3 heteroatoms. The van der Waals surface area contributed by atoms with Crippen molar-refractivity contribution in [2.45, 2.75) is 25.9 Å². The average Bonchev–Trinajstić information content (AvgIpc) is 2.34. The summed E-state index contributed by atoms with van der Waals surface area (Å²) in [5.74, 6) is -1.77. The summed E-state index contributed by atoms with van der Waals surface area (Å²) in [5.41, 5.74) is 1.30. The van der Waals surface area contributed by atoms with Crippen LogP contribution in [-0.4, -0.2) is 5.11 Å². The van der Waals surface area contributed by atoms with E-state index in [2.05, 4.69) is 0 Å². The molecule has 2 rings (SSSR count). The van der Waals surface area contributed by atoms with Gasteiger partial charge in [0.05, 0.1) is 5.60 Å². The zero-order valence-electron chi connectivity index (χ0n) is 11.0. The Balaban J connectivity index is 2.25. The number of hydrogen-bond acceptors (Lipinski definition) is 1. The second kappa shape index (κ2) is 5.10. The van der Waals surface area contributed by atoms with Gasteiger partial charge in [-0.15, -0.1) is 0 Å². The zero-order valence-corrected chi connectivity index (χ0v) is 11.0. The summed E-state index contributed by atoms with van der Waals surface area (Å²) in [6, 6.07) is 11.2. The molecular weight excluding hydrogens is 246 g/mol. The quantitative estimate of drug-likeness (QED) is 0.893. The van der Waals surface area contributed by atoms with E-state index in [1.54, 1.807) is 6.92 Å². The van der Waals surface area contributed by atoms with E-state index >= 15 is 0 Å². The molecule has 0 aliphatic heterocycles. The van der Waals surface area contributed by atoms with Gasteiger partial charge in [-0.05, 0) is 37.1 Å². The normalized spacial score (nSPS) is 14.2. The number of benzene rings is 2. The summed E-state index contributed by atoms with van der Waals surface area (Å²) < 4.78 is 26.0. The van der Waals surface area contributed by atoms with Crippen LogP contribution in [-0.2, 0) is 12.0 Å². The lowest BCUT2D eigenvalue weighted by atomic mass is 9.88. The first-order chi connectivity index (χ1) is 8.88. The molecule has 0 aliphatic carbocycles. The Bertz CT molecular complexity index is 574. The summed E-state index contributed by atoms with van der Waals surface area (Å²) in [7, 11) is 0. The molecule has 0 saturated heterocycles. The van der Waals surface area contributed by atoms with Crippen LogP contribution < -0.4 is 0 Å². The zero-order chi connectivity index (χ0) is 14.0. The predicted octanol–water partition coefficient (Wildman–Crippen LogP) is 3.72. The van der Waals surface area contributed by atoms with Crippen molar-refractivity contribution < 1.29 is 13.9 Å². The van der Waals surface area contributed by atoms with E-state index in [4.69, 9.17) is 0 Å². The smallest absolute Gasteiger partial charge is 0.159 e. The van der Waals surface area contributed by atoms with E-state index in [1.807, 2.05) is 31.2 Å². The highest BCUT2D eigenvalue weighted by Crippen LogP contribution is 2.26. The minimum absolute atomic E-state index is 0.229. The number of aliphatic hydroxyl groups is 1. The van der Waals surface area contributed by atoms with Gasteiger partial charge in [0.1, 0.15) is 0 Å². The van der Waals surface area contributed by atoms with E-state index < -0.39 is 17.2 Å². The molecule has 2 aromatic rings. The second-order valence-electron chi connectivity index (χ2n) is 5.07. The van der Waals surface area contributed by atoms with Crippen molar-refractivity contribution in [1.82, 2.24) is 0 Å².